The third-order valence-electron chi connectivity index (χ3n) is 2.38. The summed E-state index contributed by atoms with van der Waals surface area (Å²) in [4.78, 5) is 0. The molecule has 1 aliphatic heterocycles. The van der Waals surface area contributed by atoms with E-state index in [2.05, 4.69) is 27.9 Å². The van der Waals surface area contributed by atoms with E-state index in [-0.39, 0.29) is 6.23 Å². The summed E-state index contributed by atoms with van der Waals surface area (Å²) in [5.41, 5.74) is 0.322. The number of nitrogens with zero attached hydrogens (tertiary/aromatic N) is 1. The molecule has 1 atom stereocenters. The van der Waals surface area contributed by atoms with Crippen molar-refractivity contribution in [3.63, 3.8) is 0 Å². The quantitative estimate of drug-likeness (QED) is 0.499. The fraction of sp³-hybridized carbons (Fsp3) is 1.00. The maximum Gasteiger partial charge on any atom is 0.190 e. The highest BCUT2D eigenvalue weighted by molar-refractivity contribution is 4.75. The Morgan fingerprint density at radius 3 is 2.00 bits per heavy atom. The lowest BCUT2D eigenvalue weighted by atomic mass is 9.93. The van der Waals surface area contributed by atoms with Crippen LogP contribution in [0.15, 0.2) is 0 Å². The maximum absolute atomic E-state index is 9.56. The molecular formula is C8H18NO+. The molecule has 1 unspecified atom stereocenters. The smallest absolute Gasteiger partial charge is 0.190 e. The van der Waals surface area contributed by atoms with Crippen LogP contribution < -0.4 is 0 Å². The third kappa shape index (κ3) is 1.32. The maximum atomic E-state index is 9.56. The van der Waals surface area contributed by atoms with Crippen molar-refractivity contribution >= 4 is 0 Å². The lowest BCUT2D eigenvalue weighted by Gasteiger charge is -2.28. The van der Waals surface area contributed by atoms with Gasteiger partial charge in [-0.1, -0.05) is 13.8 Å². The molecule has 2 nitrogen and oxygen atoms in total. The average Bonchev–Trinajstić information content (AvgIpc) is 1.73. The Balaban J connectivity index is 2.71. The Hall–Kier alpha value is -0.0800. The van der Waals surface area contributed by atoms with Gasteiger partial charge in [0.15, 0.2) is 6.23 Å². The van der Waals surface area contributed by atoms with Gasteiger partial charge >= 0.3 is 0 Å². The van der Waals surface area contributed by atoms with Gasteiger partial charge < -0.3 is 9.59 Å². The van der Waals surface area contributed by atoms with E-state index in [0.29, 0.717) is 5.41 Å². The average molecular weight is 144 g/mol. The summed E-state index contributed by atoms with van der Waals surface area (Å²) < 4.78 is 0.757. The number of quaternary nitrogens is 1. The van der Waals surface area contributed by atoms with E-state index in [1.54, 1.807) is 0 Å². The highest BCUT2D eigenvalue weighted by atomic mass is 16.3. The Bertz CT molecular complexity index is 140. The van der Waals surface area contributed by atoms with Crippen LogP contribution in [0.3, 0.4) is 0 Å². The van der Waals surface area contributed by atoms with Gasteiger partial charge in [-0.15, -0.1) is 0 Å². The minimum atomic E-state index is -0.157. The molecule has 1 fully saturated rings. The third-order valence-corrected chi connectivity index (χ3v) is 2.38. The van der Waals surface area contributed by atoms with Crippen molar-refractivity contribution in [2.75, 3.05) is 20.6 Å². The van der Waals surface area contributed by atoms with Crippen molar-refractivity contribution in [2.24, 2.45) is 5.41 Å². The number of likely N-dealkylation sites (tertiary alicyclic amines) is 1. The molecule has 0 saturated carbocycles. The summed E-state index contributed by atoms with van der Waals surface area (Å²) in [6.07, 6.45) is 0.773. The largest absolute Gasteiger partial charge is 0.345 e. The lowest BCUT2D eigenvalue weighted by Crippen LogP contribution is -2.44. The van der Waals surface area contributed by atoms with Gasteiger partial charge in [0.2, 0.25) is 0 Å². The first-order chi connectivity index (χ1) is 4.33. The second-order valence-electron chi connectivity index (χ2n) is 4.79. The van der Waals surface area contributed by atoms with E-state index in [4.69, 9.17) is 0 Å². The van der Waals surface area contributed by atoms with Gasteiger partial charge in [-0.3, -0.25) is 0 Å². The van der Waals surface area contributed by atoms with Gasteiger partial charge in [-0.05, 0) is 0 Å². The van der Waals surface area contributed by atoms with Gasteiger partial charge in [0, 0.05) is 11.8 Å². The molecule has 1 N–H and O–H groups in total. The minimum Gasteiger partial charge on any atom is -0.345 e. The van der Waals surface area contributed by atoms with Crippen LogP contribution in [0.25, 0.3) is 0 Å². The molecule has 1 saturated heterocycles. The molecule has 60 valence electrons. The molecule has 0 aromatic rings. The number of aliphatic hydroxyl groups is 1. The van der Waals surface area contributed by atoms with Crippen molar-refractivity contribution < 1.29 is 9.59 Å². The summed E-state index contributed by atoms with van der Waals surface area (Å²) in [5.74, 6) is 0. The molecule has 1 aliphatic rings. The molecule has 0 radical (unpaired) electrons. The van der Waals surface area contributed by atoms with Crippen molar-refractivity contribution in [1.82, 2.24) is 0 Å². The summed E-state index contributed by atoms with van der Waals surface area (Å²) in [7, 11) is 4.17. The Kier molecular flexibility index (Phi) is 1.57. The van der Waals surface area contributed by atoms with E-state index in [9.17, 15) is 5.11 Å². The van der Waals surface area contributed by atoms with Gasteiger partial charge in [-0.25, -0.2) is 0 Å². The standard InChI is InChI=1S/C8H18NO/c1-8(2)5-7(10)9(3,4)6-8/h7,10H,5-6H2,1-4H3/q+1. The van der Waals surface area contributed by atoms with Crippen LogP contribution in [0.4, 0.5) is 0 Å². The number of hydrogen-bond donors (Lipinski definition) is 1. The predicted molar refractivity (Wildman–Crippen MR) is 41.4 cm³/mol. The van der Waals surface area contributed by atoms with Crippen LogP contribution in [-0.4, -0.2) is 36.5 Å². The molecule has 10 heavy (non-hydrogen) atoms. The summed E-state index contributed by atoms with van der Waals surface area (Å²) in [5, 5.41) is 9.56. The summed E-state index contributed by atoms with van der Waals surface area (Å²) >= 11 is 0. The van der Waals surface area contributed by atoms with E-state index in [1.165, 1.54) is 0 Å². The van der Waals surface area contributed by atoms with Crippen molar-refractivity contribution in [3.8, 4) is 0 Å². The van der Waals surface area contributed by atoms with E-state index in [0.717, 1.165) is 17.4 Å². The monoisotopic (exact) mass is 144 g/mol. The second-order valence-corrected chi connectivity index (χ2v) is 4.79. The van der Waals surface area contributed by atoms with E-state index >= 15 is 0 Å². The van der Waals surface area contributed by atoms with Crippen LogP contribution in [0, 0.1) is 5.41 Å². The van der Waals surface area contributed by atoms with Gasteiger partial charge in [0.25, 0.3) is 0 Å². The van der Waals surface area contributed by atoms with E-state index < -0.39 is 0 Å². The summed E-state index contributed by atoms with van der Waals surface area (Å²) in [6.45, 7) is 5.50. The molecule has 0 bridgehead atoms. The van der Waals surface area contributed by atoms with Crippen molar-refractivity contribution in [1.29, 1.82) is 0 Å². The molecule has 0 spiro atoms. The van der Waals surface area contributed by atoms with Crippen LogP contribution in [0.2, 0.25) is 0 Å². The lowest BCUT2D eigenvalue weighted by molar-refractivity contribution is -0.925. The minimum absolute atomic E-state index is 0.157. The number of hydrogen-bond acceptors (Lipinski definition) is 1. The molecule has 0 aliphatic carbocycles. The topological polar surface area (TPSA) is 20.2 Å². The first-order valence-corrected chi connectivity index (χ1v) is 3.84. The molecule has 0 aromatic carbocycles. The first kappa shape index (κ1) is 8.02. The second kappa shape index (κ2) is 1.95. The van der Waals surface area contributed by atoms with Crippen LogP contribution in [0.1, 0.15) is 20.3 Å². The molecule has 0 aromatic heterocycles. The van der Waals surface area contributed by atoms with Crippen molar-refractivity contribution in [2.45, 2.75) is 26.5 Å². The van der Waals surface area contributed by atoms with Gasteiger partial charge in [0.05, 0.1) is 20.6 Å². The Morgan fingerprint density at radius 1 is 1.40 bits per heavy atom. The molecule has 2 heteroatoms. The fourth-order valence-corrected chi connectivity index (χ4v) is 2.01. The molecular weight excluding hydrogens is 126 g/mol. The number of rotatable bonds is 0. The van der Waals surface area contributed by atoms with Crippen LogP contribution in [-0.2, 0) is 0 Å². The predicted octanol–water partition coefficient (Wildman–Crippen LogP) is 0.811. The van der Waals surface area contributed by atoms with Gasteiger partial charge in [0.1, 0.15) is 0 Å². The zero-order valence-electron chi connectivity index (χ0n) is 7.39. The van der Waals surface area contributed by atoms with Gasteiger partial charge in [-0.2, -0.15) is 0 Å². The van der Waals surface area contributed by atoms with Crippen molar-refractivity contribution in [3.05, 3.63) is 0 Å². The zero-order chi connectivity index (χ0) is 7.99. The SMILES string of the molecule is CC1(C)CC(O)[N+](C)(C)C1. The van der Waals surface area contributed by atoms with Crippen LogP contribution in [0.5, 0.6) is 0 Å². The highest BCUT2D eigenvalue weighted by Gasteiger charge is 2.44. The molecule has 0 amide bonds. The summed E-state index contributed by atoms with van der Waals surface area (Å²) in [6, 6.07) is 0. The van der Waals surface area contributed by atoms with E-state index in [1.807, 2.05) is 0 Å². The Morgan fingerprint density at radius 2 is 1.90 bits per heavy atom. The van der Waals surface area contributed by atoms with Crippen LogP contribution >= 0.6 is 0 Å². The molecule has 1 rings (SSSR count). The normalized spacial score (nSPS) is 36.3. The highest BCUT2D eigenvalue weighted by Crippen LogP contribution is 2.35. The molecule has 1 heterocycles. The first-order valence-electron chi connectivity index (χ1n) is 3.84. The fourth-order valence-electron chi connectivity index (χ4n) is 2.01. The zero-order valence-corrected chi connectivity index (χ0v) is 7.39. The number of aliphatic hydroxyl groups excluding tert-OH is 1. The Labute approximate surface area is 63.1 Å².